The molecule has 1 aliphatic heterocycles. The predicted octanol–water partition coefficient (Wildman–Crippen LogP) is 2.23. The molecule has 17 heavy (non-hydrogen) atoms. The highest BCUT2D eigenvalue weighted by molar-refractivity contribution is 7.09. The summed E-state index contributed by atoms with van der Waals surface area (Å²) in [4.78, 5) is 5.57. The summed E-state index contributed by atoms with van der Waals surface area (Å²) < 4.78 is 5.81. The maximum Gasteiger partial charge on any atom is 0.0794 e. The molecule has 94 valence electrons. The summed E-state index contributed by atoms with van der Waals surface area (Å²) in [5, 5.41) is 3.69. The molecule has 4 heteroatoms. The second-order valence-corrected chi connectivity index (χ2v) is 6.40. The van der Waals surface area contributed by atoms with Crippen LogP contribution in [0.5, 0.6) is 0 Å². The van der Waals surface area contributed by atoms with Gasteiger partial charge in [-0.25, -0.2) is 0 Å². The summed E-state index contributed by atoms with van der Waals surface area (Å²) in [7, 11) is 0. The predicted molar refractivity (Wildman–Crippen MR) is 69.3 cm³/mol. The third kappa shape index (κ3) is 2.54. The molecule has 3 nitrogen and oxygen atoms in total. The molecule has 0 bridgehead atoms. The lowest BCUT2D eigenvalue weighted by atomic mass is 9.78. The second-order valence-electron chi connectivity index (χ2n) is 5.43. The van der Waals surface area contributed by atoms with E-state index in [0.29, 0.717) is 6.10 Å². The van der Waals surface area contributed by atoms with Gasteiger partial charge in [0.25, 0.3) is 0 Å². The van der Waals surface area contributed by atoms with Crippen molar-refractivity contribution >= 4 is 11.3 Å². The van der Waals surface area contributed by atoms with Gasteiger partial charge in [-0.05, 0) is 32.6 Å². The second kappa shape index (κ2) is 4.67. The Bertz CT molecular complexity index is 364. The summed E-state index contributed by atoms with van der Waals surface area (Å²) >= 11 is 1.77. The van der Waals surface area contributed by atoms with E-state index in [4.69, 9.17) is 4.74 Å². The molecule has 1 aromatic heterocycles. The van der Waals surface area contributed by atoms with Crippen LogP contribution in [0.3, 0.4) is 0 Å². The smallest absolute Gasteiger partial charge is 0.0794 e. The summed E-state index contributed by atoms with van der Waals surface area (Å²) in [6.07, 6.45) is 7.35. The van der Waals surface area contributed by atoms with Crippen LogP contribution in [0, 0.1) is 5.41 Å². The first kappa shape index (κ1) is 11.6. The average molecular weight is 252 g/mol. The molecule has 1 N–H and O–H groups in total. The largest absolute Gasteiger partial charge is 0.378 e. The fourth-order valence-corrected chi connectivity index (χ4v) is 3.41. The highest BCUT2D eigenvalue weighted by atomic mass is 32.1. The summed E-state index contributed by atoms with van der Waals surface area (Å²) in [6, 6.07) is 0.779. The molecule has 1 aromatic rings. The van der Waals surface area contributed by atoms with Crippen molar-refractivity contribution < 1.29 is 4.74 Å². The molecule has 2 aliphatic rings. The average Bonchev–Trinajstić information content (AvgIpc) is 2.90. The maximum atomic E-state index is 5.81. The first-order valence-corrected chi connectivity index (χ1v) is 7.39. The molecule has 2 heterocycles. The number of ether oxygens (including phenoxy) is 1. The fourth-order valence-electron chi connectivity index (χ4n) is 2.66. The van der Waals surface area contributed by atoms with E-state index in [0.717, 1.165) is 25.6 Å². The Hall–Kier alpha value is -0.450. The Morgan fingerprint density at radius 3 is 3.06 bits per heavy atom. The zero-order valence-corrected chi connectivity index (χ0v) is 11.1. The number of thiazole rings is 1. The molecule has 1 saturated carbocycles. The van der Waals surface area contributed by atoms with Crippen LogP contribution < -0.4 is 5.32 Å². The van der Waals surface area contributed by atoms with Crippen molar-refractivity contribution in [1.29, 1.82) is 0 Å². The molecule has 3 rings (SSSR count). The van der Waals surface area contributed by atoms with Crippen LogP contribution in [0.1, 0.15) is 31.1 Å². The Labute approximate surface area is 107 Å². The molecule has 1 saturated heterocycles. The van der Waals surface area contributed by atoms with Gasteiger partial charge in [0.05, 0.1) is 11.6 Å². The van der Waals surface area contributed by atoms with Crippen LogP contribution in [0.25, 0.3) is 0 Å². The number of aromatic nitrogens is 1. The fraction of sp³-hybridized carbons (Fsp3) is 0.769. The Morgan fingerprint density at radius 1 is 1.59 bits per heavy atom. The van der Waals surface area contributed by atoms with Gasteiger partial charge < -0.3 is 10.1 Å². The lowest BCUT2D eigenvalue weighted by Gasteiger charge is -2.32. The van der Waals surface area contributed by atoms with Crippen molar-refractivity contribution in [3.05, 3.63) is 16.6 Å². The van der Waals surface area contributed by atoms with E-state index in [-0.39, 0.29) is 5.41 Å². The quantitative estimate of drug-likeness (QED) is 0.872. The molecular weight excluding hydrogens is 232 g/mol. The molecule has 2 unspecified atom stereocenters. The van der Waals surface area contributed by atoms with Gasteiger partial charge in [-0.2, -0.15) is 0 Å². The Kier molecular flexibility index (Phi) is 3.19. The molecule has 0 radical (unpaired) electrons. The zero-order chi connectivity index (χ0) is 11.7. The highest BCUT2D eigenvalue weighted by Crippen LogP contribution is 2.39. The number of rotatable bonds is 5. The minimum atomic E-state index is 0.287. The molecule has 1 aliphatic carbocycles. The molecule has 2 fully saturated rings. The number of hydrogen-bond donors (Lipinski definition) is 1. The normalized spacial score (nSPS) is 33.1. The molecule has 0 amide bonds. The van der Waals surface area contributed by atoms with E-state index >= 15 is 0 Å². The topological polar surface area (TPSA) is 34.1 Å². The van der Waals surface area contributed by atoms with Crippen LogP contribution in [-0.4, -0.2) is 30.3 Å². The van der Waals surface area contributed by atoms with Gasteiger partial charge in [0, 0.05) is 35.7 Å². The third-order valence-electron chi connectivity index (χ3n) is 4.16. The molecule has 0 spiro atoms. The minimum Gasteiger partial charge on any atom is -0.378 e. The lowest BCUT2D eigenvalue weighted by Crippen LogP contribution is -2.41. The van der Waals surface area contributed by atoms with Crippen molar-refractivity contribution in [3.8, 4) is 0 Å². The first-order valence-electron chi connectivity index (χ1n) is 6.51. The number of nitrogens with one attached hydrogen (secondary N) is 1. The first-order chi connectivity index (χ1) is 8.28. The molecule has 2 atom stereocenters. The zero-order valence-electron chi connectivity index (χ0n) is 10.3. The van der Waals surface area contributed by atoms with Gasteiger partial charge in [0.15, 0.2) is 0 Å². The van der Waals surface area contributed by atoms with Gasteiger partial charge in [-0.15, -0.1) is 11.3 Å². The molecular formula is C13H20N2OS. The minimum absolute atomic E-state index is 0.287. The van der Waals surface area contributed by atoms with Gasteiger partial charge >= 0.3 is 0 Å². The van der Waals surface area contributed by atoms with Crippen LogP contribution in [0.15, 0.2) is 11.7 Å². The van der Waals surface area contributed by atoms with Crippen molar-refractivity contribution in [2.45, 2.75) is 44.8 Å². The Balaban J connectivity index is 1.70. The monoisotopic (exact) mass is 252 g/mol. The van der Waals surface area contributed by atoms with Crippen LogP contribution >= 0.6 is 11.3 Å². The number of nitrogens with zero attached hydrogens (tertiary/aromatic N) is 1. The summed E-state index contributed by atoms with van der Waals surface area (Å²) in [5.74, 6) is 0. The van der Waals surface area contributed by atoms with E-state index in [2.05, 4.69) is 17.2 Å². The van der Waals surface area contributed by atoms with Crippen molar-refractivity contribution in [2.24, 2.45) is 5.41 Å². The summed E-state index contributed by atoms with van der Waals surface area (Å²) in [5.41, 5.74) is 2.22. The van der Waals surface area contributed by atoms with E-state index in [9.17, 15) is 0 Å². The number of hydrogen-bond acceptors (Lipinski definition) is 4. The maximum absolute atomic E-state index is 5.81. The van der Waals surface area contributed by atoms with Gasteiger partial charge in [0.1, 0.15) is 0 Å². The summed E-state index contributed by atoms with van der Waals surface area (Å²) in [6.45, 7) is 4.23. The van der Waals surface area contributed by atoms with E-state index in [1.807, 2.05) is 11.7 Å². The van der Waals surface area contributed by atoms with Crippen LogP contribution in [0.2, 0.25) is 0 Å². The van der Waals surface area contributed by atoms with Crippen LogP contribution in [0.4, 0.5) is 0 Å². The van der Waals surface area contributed by atoms with E-state index < -0.39 is 0 Å². The standard InChI is InChI=1S/C13H20N2OS/c1-10-13(4-5-16-10,8-15-11-2-3-11)6-12-7-14-9-17-12/h7,9-11,15H,2-6,8H2,1H3. The van der Waals surface area contributed by atoms with Gasteiger partial charge in [-0.1, -0.05) is 0 Å². The SMILES string of the molecule is CC1OCCC1(CNC1CC1)Cc1cncs1. The van der Waals surface area contributed by atoms with E-state index in [1.54, 1.807) is 11.3 Å². The highest BCUT2D eigenvalue weighted by Gasteiger charge is 2.42. The van der Waals surface area contributed by atoms with Crippen molar-refractivity contribution in [1.82, 2.24) is 10.3 Å². The van der Waals surface area contributed by atoms with Gasteiger partial charge in [0.2, 0.25) is 0 Å². The molecule has 0 aromatic carbocycles. The lowest BCUT2D eigenvalue weighted by molar-refractivity contribution is 0.0632. The third-order valence-corrected chi connectivity index (χ3v) is 4.94. The Morgan fingerprint density at radius 2 is 2.47 bits per heavy atom. The van der Waals surface area contributed by atoms with Crippen molar-refractivity contribution in [2.75, 3.05) is 13.2 Å². The van der Waals surface area contributed by atoms with Crippen LogP contribution in [-0.2, 0) is 11.2 Å². The van der Waals surface area contributed by atoms with Crippen molar-refractivity contribution in [3.63, 3.8) is 0 Å². The van der Waals surface area contributed by atoms with Gasteiger partial charge in [-0.3, -0.25) is 4.98 Å². The van der Waals surface area contributed by atoms with E-state index in [1.165, 1.54) is 24.1 Å².